The number of fused-ring (bicyclic) bond motifs is 6. The van der Waals surface area contributed by atoms with Crippen molar-refractivity contribution in [2.75, 3.05) is 19.0 Å². The van der Waals surface area contributed by atoms with Gasteiger partial charge in [0.1, 0.15) is 23.0 Å². The van der Waals surface area contributed by atoms with Crippen LogP contribution in [0.25, 0.3) is 6.08 Å². The van der Waals surface area contributed by atoms with Crippen LogP contribution in [0.3, 0.4) is 0 Å². The van der Waals surface area contributed by atoms with Crippen LogP contribution in [0, 0.1) is 5.92 Å². The second kappa shape index (κ2) is 10.8. The Morgan fingerprint density at radius 3 is 2.43 bits per heavy atom. The highest BCUT2D eigenvalue weighted by atomic mass is 16.5. The molecule has 0 aliphatic carbocycles. The quantitative estimate of drug-likeness (QED) is 0.239. The first-order valence-corrected chi connectivity index (χ1v) is 14.9. The molecule has 4 atom stereocenters. The average Bonchev–Trinajstić information content (AvgIpc) is 3.55. The number of anilines is 1. The third-order valence-electron chi connectivity index (χ3n) is 9.09. The number of nitrogens with zero attached hydrogens (tertiary/aromatic N) is 1. The Morgan fingerprint density at radius 2 is 1.64 bits per heavy atom. The number of nitrogens with one attached hydrogen (secondary N) is 1. The van der Waals surface area contributed by atoms with Crippen LogP contribution in [0.4, 0.5) is 5.69 Å². The van der Waals surface area contributed by atoms with Gasteiger partial charge in [-0.1, -0.05) is 61.5 Å². The molecule has 1 amide bonds. The fourth-order valence-corrected chi connectivity index (χ4v) is 7.23. The maximum absolute atomic E-state index is 15.0. The summed E-state index contributed by atoms with van der Waals surface area (Å²) in [7, 11) is 1.55. The Kier molecular flexibility index (Phi) is 6.81. The van der Waals surface area contributed by atoms with Gasteiger partial charge in [-0.25, -0.2) is 0 Å². The lowest BCUT2D eigenvalue weighted by molar-refractivity contribution is -0.122. The summed E-state index contributed by atoms with van der Waals surface area (Å²) in [5.74, 6) is -0.677. The highest BCUT2D eigenvalue weighted by molar-refractivity contribution is 6.16. The van der Waals surface area contributed by atoms with Crippen LogP contribution in [0.5, 0.6) is 11.5 Å². The van der Waals surface area contributed by atoms with Crippen molar-refractivity contribution in [3.63, 3.8) is 0 Å². The summed E-state index contributed by atoms with van der Waals surface area (Å²) in [5, 5.41) is 3.09. The van der Waals surface area contributed by atoms with Gasteiger partial charge < -0.3 is 19.7 Å². The molecule has 3 aliphatic heterocycles. The summed E-state index contributed by atoms with van der Waals surface area (Å²) < 4.78 is 11.2. The maximum atomic E-state index is 15.0. The fraction of sp³-hybridized carbons (Fsp3) is 0.216. The number of hydrogen-bond acceptors (Lipinski definition) is 6. The number of ketones is 2. The minimum Gasteiger partial charge on any atom is -0.497 e. The number of benzene rings is 4. The predicted molar refractivity (Wildman–Crippen MR) is 168 cm³/mol. The summed E-state index contributed by atoms with van der Waals surface area (Å²) in [6.07, 6.45) is 4.69. The summed E-state index contributed by atoms with van der Waals surface area (Å²) >= 11 is 0. The Labute approximate surface area is 256 Å². The summed E-state index contributed by atoms with van der Waals surface area (Å²) in [6, 6.07) is 27.8. The lowest BCUT2D eigenvalue weighted by Gasteiger charge is -2.38. The monoisotopic (exact) mass is 584 g/mol. The molecule has 1 N–H and O–H groups in total. The third kappa shape index (κ3) is 4.07. The number of amides is 1. The van der Waals surface area contributed by atoms with Gasteiger partial charge in [-0.2, -0.15) is 0 Å². The molecule has 7 heteroatoms. The SMILES string of the molecule is CCCOc1ccc(C(=O)[C@@H]2[C@H](C(=O)c3cccc(OC)c3)N3C=Cc4ccccc4[C@H]3[C@]23C(=O)Nc2ccccc23)cc1. The normalized spacial score (nSPS) is 22.6. The van der Waals surface area contributed by atoms with E-state index in [1.54, 1.807) is 55.6 Å². The topological polar surface area (TPSA) is 84.9 Å². The molecule has 44 heavy (non-hydrogen) atoms. The van der Waals surface area contributed by atoms with Gasteiger partial charge in [-0.15, -0.1) is 0 Å². The number of Topliss-reactive ketones (excluding diaryl/α,β-unsaturated/α-hetero) is 2. The molecule has 7 nitrogen and oxygen atoms in total. The zero-order chi connectivity index (χ0) is 30.4. The minimum atomic E-state index is -1.38. The molecule has 1 saturated heterocycles. The molecule has 4 aromatic rings. The highest BCUT2D eigenvalue weighted by Crippen LogP contribution is 2.62. The average molecular weight is 585 g/mol. The number of carbonyl (C=O) groups is 3. The molecule has 0 unspecified atom stereocenters. The fourth-order valence-electron chi connectivity index (χ4n) is 7.23. The standard InChI is InChI=1S/C37H32N2O5/c1-3-21-44-26-17-15-24(16-18-26)33(40)31-32(34(41)25-10-8-11-27(22-25)43-2)39-20-19-23-9-4-5-12-28(23)35(39)37(31)29-13-6-7-14-30(29)38-36(37)42/h4-20,22,31-32,35H,3,21H2,1-2H3,(H,38,42)/t31-,32+,35-,37+/m0/s1. The molecule has 0 aromatic heterocycles. The van der Waals surface area contributed by atoms with E-state index < -0.39 is 23.4 Å². The first-order chi connectivity index (χ1) is 21.5. The van der Waals surface area contributed by atoms with Gasteiger partial charge in [0.25, 0.3) is 0 Å². The first-order valence-electron chi connectivity index (χ1n) is 14.9. The van der Waals surface area contributed by atoms with Crippen molar-refractivity contribution in [1.29, 1.82) is 0 Å². The van der Waals surface area contributed by atoms with E-state index in [1.165, 1.54) is 0 Å². The van der Waals surface area contributed by atoms with Crippen molar-refractivity contribution < 1.29 is 23.9 Å². The number of carbonyl (C=O) groups excluding carboxylic acids is 3. The van der Waals surface area contributed by atoms with Gasteiger partial charge in [0, 0.05) is 23.0 Å². The van der Waals surface area contributed by atoms with Gasteiger partial charge in [-0.05, 0) is 71.7 Å². The first kappa shape index (κ1) is 27.7. The Morgan fingerprint density at radius 1 is 0.864 bits per heavy atom. The van der Waals surface area contributed by atoms with Crippen LogP contribution in [-0.4, -0.2) is 42.1 Å². The third-order valence-corrected chi connectivity index (χ3v) is 9.09. The summed E-state index contributed by atoms with van der Waals surface area (Å²) in [4.78, 5) is 46.2. The molecule has 1 fully saturated rings. The molecule has 1 spiro atoms. The van der Waals surface area contributed by atoms with E-state index >= 15 is 0 Å². The lowest BCUT2D eigenvalue weighted by Crippen LogP contribution is -2.49. The molecule has 3 heterocycles. The molecule has 0 bridgehead atoms. The van der Waals surface area contributed by atoms with Crippen molar-refractivity contribution in [3.8, 4) is 11.5 Å². The number of methoxy groups -OCH3 is 1. The van der Waals surface area contributed by atoms with Crippen molar-refractivity contribution in [3.05, 3.63) is 131 Å². The van der Waals surface area contributed by atoms with E-state index in [1.807, 2.05) is 72.6 Å². The molecule has 3 aliphatic rings. The van der Waals surface area contributed by atoms with Gasteiger partial charge >= 0.3 is 0 Å². The molecule has 0 radical (unpaired) electrons. The largest absolute Gasteiger partial charge is 0.497 e. The Balaban J connectivity index is 1.47. The van der Waals surface area contributed by atoms with E-state index in [9.17, 15) is 14.4 Å². The van der Waals surface area contributed by atoms with E-state index in [2.05, 4.69) is 5.32 Å². The van der Waals surface area contributed by atoms with Crippen LogP contribution < -0.4 is 14.8 Å². The van der Waals surface area contributed by atoms with Gasteiger partial charge in [0.2, 0.25) is 5.91 Å². The number of hydrogen-bond donors (Lipinski definition) is 1. The molecule has 7 rings (SSSR count). The van der Waals surface area contributed by atoms with E-state index in [4.69, 9.17) is 9.47 Å². The van der Waals surface area contributed by atoms with Crippen LogP contribution >= 0.6 is 0 Å². The molecular weight excluding hydrogens is 552 g/mol. The van der Waals surface area contributed by atoms with Gasteiger partial charge in [0.05, 0.1) is 25.7 Å². The minimum absolute atomic E-state index is 0.256. The van der Waals surface area contributed by atoms with Crippen LogP contribution in [0.1, 0.15) is 56.8 Å². The Bertz CT molecular complexity index is 1810. The van der Waals surface area contributed by atoms with Crippen molar-refractivity contribution in [2.45, 2.75) is 30.8 Å². The highest BCUT2D eigenvalue weighted by Gasteiger charge is 2.70. The van der Waals surface area contributed by atoms with E-state index in [-0.39, 0.29) is 17.5 Å². The smallest absolute Gasteiger partial charge is 0.238 e. The van der Waals surface area contributed by atoms with E-state index in [0.29, 0.717) is 40.5 Å². The Hall–Kier alpha value is -5.17. The maximum Gasteiger partial charge on any atom is 0.238 e. The number of rotatable bonds is 8. The van der Waals surface area contributed by atoms with Crippen molar-refractivity contribution >= 4 is 29.2 Å². The van der Waals surface area contributed by atoms with Gasteiger partial charge in [0.15, 0.2) is 11.6 Å². The van der Waals surface area contributed by atoms with Gasteiger partial charge in [-0.3, -0.25) is 14.4 Å². The van der Waals surface area contributed by atoms with E-state index in [0.717, 1.165) is 17.5 Å². The lowest BCUT2D eigenvalue weighted by atomic mass is 9.62. The molecule has 0 saturated carbocycles. The molecular formula is C37H32N2O5. The zero-order valence-electron chi connectivity index (χ0n) is 24.5. The van der Waals surface area contributed by atoms with Crippen LogP contribution in [-0.2, 0) is 10.2 Å². The predicted octanol–water partition coefficient (Wildman–Crippen LogP) is 6.47. The summed E-state index contributed by atoms with van der Waals surface area (Å²) in [5.41, 5.74) is 2.64. The summed E-state index contributed by atoms with van der Waals surface area (Å²) in [6.45, 7) is 2.60. The molecule has 220 valence electrons. The van der Waals surface area contributed by atoms with Crippen molar-refractivity contribution in [2.24, 2.45) is 5.92 Å². The van der Waals surface area contributed by atoms with Crippen LogP contribution in [0.2, 0.25) is 0 Å². The van der Waals surface area contributed by atoms with Crippen molar-refractivity contribution in [1.82, 2.24) is 4.90 Å². The number of ether oxygens (including phenoxy) is 2. The molecule has 4 aromatic carbocycles. The second-order valence-corrected chi connectivity index (χ2v) is 11.4. The number of para-hydroxylation sites is 1. The zero-order valence-corrected chi connectivity index (χ0v) is 24.5. The second-order valence-electron chi connectivity index (χ2n) is 11.4. The van der Waals surface area contributed by atoms with Crippen LogP contribution in [0.15, 0.2) is 103 Å².